The van der Waals surface area contributed by atoms with Crippen LogP contribution in [0.2, 0.25) is 0 Å². The first-order valence-electron chi connectivity index (χ1n) is 7.03. The second-order valence-electron chi connectivity index (χ2n) is 4.97. The van der Waals surface area contributed by atoms with Crippen LogP contribution in [0.5, 0.6) is 11.5 Å². The standard InChI is InChI=1S/C17H15FN2O2/c18-14-4-1-12(2-5-14)11-20-15(10-19)13-3-6-16-17(9-13)22-8-7-21-16/h1-6,9,15,20H,7-8,11H2. The Labute approximate surface area is 128 Å². The van der Waals surface area contributed by atoms with Gasteiger partial charge in [-0.15, -0.1) is 0 Å². The molecule has 1 heterocycles. The van der Waals surface area contributed by atoms with Crippen LogP contribution in [0.1, 0.15) is 17.2 Å². The van der Waals surface area contributed by atoms with E-state index in [2.05, 4.69) is 11.4 Å². The van der Waals surface area contributed by atoms with Crippen molar-refractivity contribution < 1.29 is 13.9 Å². The summed E-state index contributed by atoms with van der Waals surface area (Å²) < 4.78 is 23.9. The van der Waals surface area contributed by atoms with E-state index in [1.165, 1.54) is 12.1 Å². The Morgan fingerprint density at radius 2 is 1.82 bits per heavy atom. The number of halogens is 1. The summed E-state index contributed by atoms with van der Waals surface area (Å²) in [6.45, 7) is 1.53. The topological polar surface area (TPSA) is 54.3 Å². The van der Waals surface area contributed by atoms with Gasteiger partial charge >= 0.3 is 0 Å². The zero-order valence-corrected chi connectivity index (χ0v) is 11.9. The lowest BCUT2D eigenvalue weighted by Gasteiger charge is -2.20. The van der Waals surface area contributed by atoms with Crippen molar-refractivity contribution in [2.75, 3.05) is 13.2 Å². The molecule has 0 saturated heterocycles. The van der Waals surface area contributed by atoms with E-state index < -0.39 is 6.04 Å². The van der Waals surface area contributed by atoms with Crippen LogP contribution in [-0.2, 0) is 6.54 Å². The molecule has 1 atom stereocenters. The van der Waals surface area contributed by atoms with Crippen molar-refractivity contribution >= 4 is 0 Å². The smallest absolute Gasteiger partial charge is 0.161 e. The SMILES string of the molecule is N#CC(NCc1ccc(F)cc1)c1ccc2c(c1)OCCO2. The summed E-state index contributed by atoms with van der Waals surface area (Å²) in [6.07, 6.45) is 0. The number of benzene rings is 2. The molecule has 0 aromatic heterocycles. The van der Waals surface area contributed by atoms with Crippen molar-refractivity contribution in [1.29, 1.82) is 5.26 Å². The van der Waals surface area contributed by atoms with Gasteiger partial charge in [-0.1, -0.05) is 18.2 Å². The number of nitrogens with zero attached hydrogens (tertiary/aromatic N) is 1. The molecule has 0 aliphatic carbocycles. The summed E-state index contributed by atoms with van der Waals surface area (Å²) in [5.74, 6) is 1.09. The van der Waals surface area contributed by atoms with Gasteiger partial charge in [-0.25, -0.2) is 4.39 Å². The summed E-state index contributed by atoms with van der Waals surface area (Å²) in [6, 6.07) is 13.4. The second kappa shape index (κ2) is 6.46. The largest absolute Gasteiger partial charge is 0.486 e. The number of nitrogens with one attached hydrogen (secondary N) is 1. The first-order valence-corrected chi connectivity index (χ1v) is 7.03. The van der Waals surface area contributed by atoms with Gasteiger partial charge in [0.1, 0.15) is 25.1 Å². The van der Waals surface area contributed by atoms with Gasteiger partial charge in [0.25, 0.3) is 0 Å². The monoisotopic (exact) mass is 298 g/mol. The zero-order chi connectivity index (χ0) is 15.4. The van der Waals surface area contributed by atoms with Gasteiger partial charge in [-0.2, -0.15) is 5.26 Å². The van der Waals surface area contributed by atoms with Crippen LogP contribution >= 0.6 is 0 Å². The Morgan fingerprint density at radius 1 is 1.09 bits per heavy atom. The first kappa shape index (κ1) is 14.4. The highest BCUT2D eigenvalue weighted by Gasteiger charge is 2.16. The molecule has 3 rings (SSSR count). The lowest BCUT2D eigenvalue weighted by Crippen LogP contribution is -2.20. The van der Waals surface area contributed by atoms with E-state index in [0.717, 1.165) is 11.1 Å². The minimum Gasteiger partial charge on any atom is -0.486 e. The fourth-order valence-electron chi connectivity index (χ4n) is 2.30. The van der Waals surface area contributed by atoms with Crippen LogP contribution in [-0.4, -0.2) is 13.2 Å². The zero-order valence-electron chi connectivity index (χ0n) is 11.9. The average Bonchev–Trinajstić information content (AvgIpc) is 2.57. The summed E-state index contributed by atoms with van der Waals surface area (Å²) >= 11 is 0. The van der Waals surface area contributed by atoms with E-state index in [1.54, 1.807) is 12.1 Å². The number of nitriles is 1. The molecule has 4 nitrogen and oxygen atoms in total. The molecule has 0 spiro atoms. The normalized spacial score (nSPS) is 14.2. The number of hydrogen-bond acceptors (Lipinski definition) is 4. The van der Waals surface area contributed by atoms with Crippen molar-refractivity contribution in [3.05, 3.63) is 59.4 Å². The highest BCUT2D eigenvalue weighted by atomic mass is 19.1. The third kappa shape index (κ3) is 3.18. The second-order valence-corrected chi connectivity index (χ2v) is 4.97. The van der Waals surface area contributed by atoms with Gasteiger partial charge in [0.15, 0.2) is 11.5 Å². The summed E-state index contributed by atoms with van der Waals surface area (Å²) in [5, 5.41) is 12.5. The summed E-state index contributed by atoms with van der Waals surface area (Å²) in [5.41, 5.74) is 1.73. The van der Waals surface area contributed by atoms with Gasteiger partial charge in [0, 0.05) is 6.54 Å². The van der Waals surface area contributed by atoms with E-state index in [0.29, 0.717) is 31.3 Å². The molecule has 1 aliphatic rings. The molecule has 1 N–H and O–H groups in total. The predicted octanol–water partition coefficient (Wildman–Crippen LogP) is 2.95. The van der Waals surface area contributed by atoms with Crippen molar-refractivity contribution in [2.24, 2.45) is 0 Å². The van der Waals surface area contributed by atoms with Crippen LogP contribution in [0.25, 0.3) is 0 Å². The number of ether oxygens (including phenoxy) is 2. The molecule has 1 unspecified atom stereocenters. The molecule has 22 heavy (non-hydrogen) atoms. The maximum atomic E-state index is 12.9. The average molecular weight is 298 g/mol. The molecule has 0 bridgehead atoms. The Bertz CT molecular complexity index is 695. The van der Waals surface area contributed by atoms with Crippen molar-refractivity contribution in [1.82, 2.24) is 5.32 Å². The van der Waals surface area contributed by atoms with Crippen LogP contribution in [0, 0.1) is 17.1 Å². The molecule has 5 heteroatoms. The first-order chi connectivity index (χ1) is 10.8. The molecule has 2 aromatic carbocycles. The van der Waals surface area contributed by atoms with Crippen molar-refractivity contribution in [2.45, 2.75) is 12.6 Å². The number of hydrogen-bond donors (Lipinski definition) is 1. The maximum absolute atomic E-state index is 12.9. The van der Waals surface area contributed by atoms with Crippen LogP contribution in [0.3, 0.4) is 0 Å². The summed E-state index contributed by atoms with van der Waals surface area (Å²) in [7, 11) is 0. The third-order valence-corrected chi connectivity index (χ3v) is 3.45. The van der Waals surface area contributed by atoms with Crippen LogP contribution in [0.4, 0.5) is 4.39 Å². The molecular formula is C17H15FN2O2. The Kier molecular flexibility index (Phi) is 4.22. The minimum absolute atomic E-state index is 0.271. The van der Waals surface area contributed by atoms with Gasteiger partial charge in [0.2, 0.25) is 0 Å². The number of fused-ring (bicyclic) bond motifs is 1. The third-order valence-electron chi connectivity index (χ3n) is 3.45. The van der Waals surface area contributed by atoms with E-state index in [-0.39, 0.29) is 5.82 Å². The molecule has 0 fully saturated rings. The lowest BCUT2D eigenvalue weighted by atomic mass is 10.1. The fourth-order valence-corrected chi connectivity index (χ4v) is 2.30. The van der Waals surface area contributed by atoms with Gasteiger partial charge in [-0.05, 0) is 35.4 Å². The molecular weight excluding hydrogens is 283 g/mol. The molecule has 0 radical (unpaired) electrons. The predicted molar refractivity (Wildman–Crippen MR) is 79.0 cm³/mol. The minimum atomic E-state index is -0.471. The Morgan fingerprint density at radius 3 is 2.55 bits per heavy atom. The molecule has 2 aromatic rings. The lowest BCUT2D eigenvalue weighted by molar-refractivity contribution is 0.171. The molecule has 1 aliphatic heterocycles. The van der Waals surface area contributed by atoms with E-state index >= 15 is 0 Å². The highest BCUT2D eigenvalue weighted by molar-refractivity contribution is 5.45. The van der Waals surface area contributed by atoms with Crippen molar-refractivity contribution in [3.63, 3.8) is 0 Å². The highest BCUT2D eigenvalue weighted by Crippen LogP contribution is 2.32. The molecule has 0 amide bonds. The van der Waals surface area contributed by atoms with E-state index in [4.69, 9.17) is 9.47 Å². The molecule has 0 saturated carbocycles. The van der Waals surface area contributed by atoms with Crippen molar-refractivity contribution in [3.8, 4) is 17.6 Å². The van der Waals surface area contributed by atoms with Gasteiger partial charge in [-0.3, -0.25) is 5.32 Å². The van der Waals surface area contributed by atoms with E-state index in [9.17, 15) is 9.65 Å². The van der Waals surface area contributed by atoms with E-state index in [1.807, 2.05) is 18.2 Å². The Hall–Kier alpha value is -2.58. The van der Waals surface area contributed by atoms with Gasteiger partial charge < -0.3 is 9.47 Å². The summed E-state index contributed by atoms with van der Waals surface area (Å²) in [4.78, 5) is 0. The molecule has 112 valence electrons. The quantitative estimate of drug-likeness (QED) is 0.943. The Balaban J connectivity index is 1.71. The number of rotatable bonds is 4. The van der Waals surface area contributed by atoms with Crippen LogP contribution < -0.4 is 14.8 Å². The fraction of sp³-hybridized carbons (Fsp3) is 0.235. The maximum Gasteiger partial charge on any atom is 0.161 e. The van der Waals surface area contributed by atoms with Gasteiger partial charge in [0.05, 0.1) is 6.07 Å². The van der Waals surface area contributed by atoms with Crippen LogP contribution in [0.15, 0.2) is 42.5 Å².